The molecule has 4 heteroatoms. The molecular weight excluding hydrogens is 252 g/mol. The van der Waals surface area contributed by atoms with E-state index in [4.69, 9.17) is 0 Å². The third kappa shape index (κ3) is 2.40. The van der Waals surface area contributed by atoms with Gasteiger partial charge in [-0.25, -0.2) is 0 Å². The molecule has 100 valence electrons. The number of amides is 2. The number of rotatable bonds is 2. The van der Waals surface area contributed by atoms with E-state index in [9.17, 15) is 9.59 Å². The minimum Gasteiger partial charge on any atom is -0.326 e. The first-order valence-corrected chi connectivity index (χ1v) is 6.42. The molecule has 0 saturated heterocycles. The van der Waals surface area contributed by atoms with Crippen LogP contribution in [0.25, 0.3) is 0 Å². The van der Waals surface area contributed by atoms with Crippen molar-refractivity contribution in [2.45, 2.75) is 13.3 Å². The van der Waals surface area contributed by atoms with Crippen LogP contribution in [0.1, 0.15) is 21.5 Å². The fourth-order valence-electron chi connectivity index (χ4n) is 2.30. The lowest BCUT2D eigenvalue weighted by Gasteiger charge is -2.07. The Morgan fingerprint density at radius 1 is 1.20 bits per heavy atom. The van der Waals surface area contributed by atoms with Crippen LogP contribution in [0, 0.1) is 6.92 Å². The highest BCUT2D eigenvalue weighted by Crippen LogP contribution is 2.24. The first-order valence-electron chi connectivity index (χ1n) is 6.42. The Hall–Kier alpha value is -2.62. The van der Waals surface area contributed by atoms with Gasteiger partial charge in [-0.2, -0.15) is 0 Å². The molecule has 1 aliphatic heterocycles. The molecule has 0 fully saturated rings. The van der Waals surface area contributed by atoms with Gasteiger partial charge in [0.1, 0.15) is 0 Å². The Morgan fingerprint density at radius 3 is 2.85 bits per heavy atom. The van der Waals surface area contributed by atoms with Crippen LogP contribution in [-0.2, 0) is 11.2 Å². The van der Waals surface area contributed by atoms with Crippen molar-refractivity contribution in [3.63, 3.8) is 0 Å². The van der Waals surface area contributed by atoms with Crippen LogP contribution in [0.3, 0.4) is 0 Å². The van der Waals surface area contributed by atoms with Gasteiger partial charge < -0.3 is 10.6 Å². The molecule has 2 N–H and O–H groups in total. The van der Waals surface area contributed by atoms with E-state index in [1.807, 2.05) is 31.2 Å². The lowest BCUT2D eigenvalue weighted by atomic mass is 10.1. The van der Waals surface area contributed by atoms with Gasteiger partial charge in [0, 0.05) is 16.9 Å². The van der Waals surface area contributed by atoms with Crippen molar-refractivity contribution in [2.24, 2.45) is 0 Å². The number of benzene rings is 2. The Morgan fingerprint density at radius 2 is 2.05 bits per heavy atom. The van der Waals surface area contributed by atoms with Crippen LogP contribution >= 0.6 is 0 Å². The van der Waals surface area contributed by atoms with E-state index >= 15 is 0 Å². The van der Waals surface area contributed by atoms with Crippen LogP contribution in [0.2, 0.25) is 0 Å². The number of fused-ring (bicyclic) bond motifs is 1. The van der Waals surface area contributed by atoms with Crippen LogP contribution < -0.4 is 10.6 Å². The summed E-state index contributed by atoms with van der Waals surface area (Å²) in [6.07, 6.45) is 0.334. The van der Waals surface area contributed by atoms with Gasteiger partial charge in [0.2, 0.25) is 5.91 Å². The minimum absolute atomic E-state index is 0.0313. The molecule has 0 saturated carbocycles. The maximum atomic E-state index is 12.2. The van der Waals surface area contributed by atoms with Gasteiger partial charge in [-0.15, -0.1) is 0 Å². The van der Waals surface area contributed by atoms with Crippen LogP contribution in [0.15, 0.2) is 42.5 Å². The molecule has 3 rings (SSSR count). The summed E-state index contributed by atoms with van der Waals surface area (Å²) in [5.74, 6) is -0.200. The zero-order chi connectivity index (χ0) is 14.1. The van der Waals surface area contributed by atoms with Gasteiger partial charge >= 0.3 is 0 Å². The molecule has 2 amide bonds. The Bertz CT molecular complexity index is 707. The molecule has 4 nitrogen and oxygen atoms in total. The summed E-state index contributed by atoms with van der Waals surface area (Å²) in [6, 6.07) is 12.9. The maximum absolute atomic E-state index is 12.2. The van der Waals surface area contributed by atoms with Crippen LogP contribution in [0.4, 0.5) is 11.4 Å². The predicted molar refractivity (Wildman–Crippen MR) is 77.9 cm³/mol. The number of nitrogens with one attached hydrogen (secondary N) is 2. The zero-order valence-electron chi connectivity index (χ0n) is 11.1. The molecule has 0 spiro atoms. The fourth-order valence-corrected chi connectivity index (χ4v) is 2.30. The molecule has 2 aromatic rings. The third-order valence-corrected chi connectivity index (χ3v) is 3.27. The van der Waals surface area contributed by atoms with E-state index in [0.717, 1.165) is 22.5 Å². The standard InChI is InChI=1S/C16H14N2O2/c1-10-3-2-4-13(7-10)17-16(20)11-5-6-14-12(8-11)9-15(19)18-14/h2-8H,9H2,1H3,(H,17,20)(H,18,19). The Kier molecular flexibility index (Phi) is 2.99. The summed E-state index contributed by atoms with van der Waals surface area (Å²) in [6.45, 7) is 1.97. The average molecular weight is 266 g/mol. The van der Waals surface area contributed by atoms with Crippen molar-refractivity contribution < 1.29 is 9.59 Å². The largest absolute Gasteiger partial charge is 0.326 e. The molecule has 1 aliphatic rings. The first kappa shape index (κ1) is 12.4. The van der Waals surface area contributed by atoms with Gasteiger partial charge in [-0.1, -0.05) is 12.1 Å². The van der Waals surface area contributed by atoms with E-state index in [2.05, 4.69) is 10.6 Å². The van der Waals surface area contributed by atoms with Crippen molar-refractivity contribution in [3.05, 3.63) is 59.2 Å². The molecule has 0 aliphatic carbocycles. The molecule has 0 aromatic heterocycles. The van der Waals surface area contributed by atoms with Gasteiger partial charge in [-0.05, 0) is 48.4 Å². The minimum atomic E-state index is -0.169. The van der Waals surface area contributed by atoms with E-state index in [1.54, 1.807) is 18.2 Å². The van der Waals surface area contributed by atoms with Gasteiger partial charge in [0.05, 0.1) is 6.42 Å². The highest BCUT2D eigenvalue weighted by atomic mass is 16.2. The van der Waals surface area contributed by atoms with Crippen LogP contribution in [0.5, 0.6) is 0 Å². The average Bonchev–Trinajstić information content (AvgIpc) is 2.77. The SMILES string of the molecule is Cc1cccc(NC(=O)c2ccc3c(c2)CC(=O)N3)c1. The summed E-state index contributed by atoms with van der Waals surface area (Å²) in [5, 5.41) is 5.61. The van der Waals surface area contributed by atoms with Crippen LogP contribution in [-0.4, -0.2) is 11.8 Å². The first-order chi connectivity index (χ1) is 9.61. The zero-order valence-corrected chi connectivity index (χ0v) is 11.1. The smallest absolute Gasteiger partial charge is 0.255 e. The van der Waals surface area contributed by atoms with Crippen molar-refractivity contribution >= 4 is 23.2 Å². The molecule has 0 unspecified atom stereocenters. The number of hydrogen-bond donors (Lipinski definition) is 2. The monoisotopic (exact) mass is 266 g/mol. The molecule has 0 atom stereocenters. The Balaban J connectivity index is 1.81. The van der Waals surface area contributed by atoms with Crippen molar-refractivity contribution in [1.29, 1.82) is 0 Å². The van der Waals surface area contributed by atoms with E-state index in [0.29, 0.717) is 12.0 Å². The predicted octanol–water partition coefficient (Wildman–Crippen LogP) is 2.74. The molecule has 0 radical (unpaired) electrons. The van der Waals surface area contributed by atoms with E-state index in [-0.39, 0.29) is 11.8 Å². The van der Waals surface area contributed by atoms with E-state index < -0.39 is 0 Å². The summed E-state index contributed by atoms with van der Waals surface area (Å²) in [5.41, 5.74) is 4.08. The number of hydrogen-bond acceptors (Lipinski definition) is 2. The van der Waals surface area contributed by atoms with E-state index in [1.165, 1.54) is 0 Å². The second-order valence-corrected chi connectivity index (χ2v) is 4.92. The van der Waals surface area contributed by atoms with Crippen molar-refractivity contribution in [3.8, 4) is 0 Å². The second kappa shape index (κ2) is 4.81. The fraction of sp³-hybridized carbons (Fsp3) is 0.125. The summed E-state index contributed by atoms with van der Waals surface area (Å²) in [4.78, 5) is 23.5. The summed E-state index contributed by atoms with van der Waals surface area (Å²) >= 11 is 0. The number of aryl methyl sites for hydroxylation is 1. The molecule has 0 bridgehead atoms. The number of anilines is 2. The number of carbonyl (C=O) groups is 2. The summed E-state index contributed by atoms with van der Waals surface area (Å²) in [7, 11) is 0. The van der Waals surface area contributed by atoms with Gasteiger partial charge in [0.15, 0.2) is 0 Å². The normalized spacial score (nSPS) is 12.8. The van der Waals surface area contributed by atoms with Crippen molar-refractivity contribution in [2.75, 3.05) is 10.6 Å². The molecule has 20 heavy (non-hydrogen) atoms. The molecular formula is C16H14N2O2. The summed E-state index contributed by atoms with van der Waals surface area (Å²) < 4.78 is 0. The van der Waals surface area contributed by atoms with Gasteiger partial charge in [0.25, 0.3) is 5.91 Å². The van der Waals surface area contributed by atoms with Gasteiger partial charge in [-0.3, -0.25) is 9.59 Å². The molecule has 1 heterocycles. The molecule has 2 aromatic carbocycles. The number of carbonyl (C=O) groups excluding carboxylic acids is 2. The topological polar surface area (TPSA) is 58.2 Å². The third-order valence-electron chi connectivity index (χ3n) is 3.27. The quantitative estimate of drug-likeness (QED) is 0.878. The second-order valence-electron chi connectivity index (χ2n) is 4.92. The van der Waals surface area contributed by atoms with Crippen molar-refractivity contribution in [1.82, 2.24) is 0 Å². The lowest BCUT2D eigenvalue weighted by molar-refractivity contribution is -0.115. The maximum Gasteiger partial charge on any atom is 0.255 e. The Labute approximate surface area is 116 Å². The highest BCUT2D eigenvalue weighted by molar-refractivity contribution is 6.06. The lowest BCUT2D eigenvalue weighted by Crippen LogP contribution is -2.12. The highest BCUT2D eigenvalue weighted by Gasteiger charge is 2.19.